The summed E-state index contributed by atoms with van der Waals surface area (Å²) in [6.07, 6.45) is 2.07. The van der Waals surface area contributed by atoms with Crippen LogP contribution < -0.4 is 10.9 Å². The lowest BCUT2D eigenvalue weighted by atomic mass is 9.82. The van der Waals surface area contributed by atoms with Crippen molar-refractivity contribution in [3.05, 3.63) is 62.8 Å². The van der Waals surface area contributed by atoms with Crippen LogP contribution in [0, 0.1) is 5.82 Å². The molecule has 8 heteroatoms. The molecule has 29 heavy (non-hydrogen) atoms. The summed E-state index contributed by atoms with van der Waals surface area (Å²) in [6, 6.07) is 5.77. The van der Waals surface area contributed by atoms with E-state index < -0.39 is 17.7 Å². The molecule has 2 aromatic rings. The third kappa shape index (κ3) is 4.53. The minimum absolute atomic E-state index is 0.209. The average molecular weight is 418 g/mol. The molecule has 154 valence electrons. The molecule has 2 heterocycles. The number of esters is 1. The monoisotopic (exact) mass is 417 g/mol. The lowest BCUT2D eigenvalue weighted by Crippen LogP contribution is -2.31. The van der Waals surface area contributed by atoms with Gasteiger partial charge in [-0.05, 0) is 38.0 Å². The number of anilines is 1. The Balaban J connectivity index is 2.12. The smallest absolute Gasteiger partial charge is 0.336 e. The maximum Gasteiger partial charge on any atom is 0.336 e. The van der Waals surface area contributed by atoms with Gasteiger partial charge in [0.05, 0.1) is 23.7 Å². The molecule has 0 saturated heterocycles. The van der Waals surface area contributed by atoms with Gasteiger partial charge in [-0.15, -0.1) is 0 Å². The van der Waals surface area contributed by atoms with Gasteiger partial charge in [-0.25, -0.2) is 14.2 Å². The van der Waals surface area contributed by atoms with E-state index in [1.165, 1.54) is 23.9 Å². The van der Waals surface area contributed by atoms with Crippen molar-refractivity contribution in [3.63, 3.8) is 0 Å². The van der Waals surface area contributed by atoms with Crippen LogP contribution in [0.5, 0.6) is 0 Å². The standard InChI is InChI=1S/C21H24FN3O3S/c1-4-6-11-29-21-24-18-17(19(26)25-21)16(13-7-9-14(22)10-8-13)15(12(3)23-18)20(27)28-5-2/h7-10,16H,4-6,11H2,1-3H3,(H2,23,24,25,26)/t16-/m1/s1. The predicted octanol–water partition coefficient (Wildman–Crippen LogP) is 4.20. The summed E-state index contributed by atoms with van der Waals surface area (Å²) in [6.45, 7) is 5.78. The fourth-order valence-corrected chi connectivity index (χ4v) is 4.23. The van der Waals surface area contributed by atoms with Gasteiger partial charge in [-0.2, -0.15) is 0 Å². The number of hydrogen-bond donors (Lipinski definition) is 2. The quantitative estimate of drug-likeness (QED) is 0.304. The molecule has 1 aliphatic rings. The second-order valence-corrected chi connectivity index (χ2v) is 7.79. The van der Waals surface area contributed by atoms with Gasteiger partial charge >= 0.3 is 5.97 Å². The molecular formula is C21H24FN3O3S. The summed E-state index contributed by atoms with van der Waals surface area (Å²) < 4.78 is 18.7. The van der Waals surface area contributed by atoms with Gasteiger partial charge in [-0.3, -0.25) is 4.79 Å². The second kappa shape index (κ2) is 9.26. The van der Waals surface area contributed by atoms with Crippen LogP contribution in [-0.4, -0.2) is 28.3 Å². The Bertz CT molecular complexity index is 986. The summed E-state index contributed by atoms with van der Waals surface area (Å²) in [5, 5.41) is 3.62. The predicted molar refractivity (Wildman–Crippen MR) is 112 cm³/mol. The summed E-state index contributed by atoms with van der Waals surface area (Å²) in [5.41, 5.74) is 1.50. The van der Waals surface area contributed by atoms with Gasteiger partial charge in [0.2, 0.25) is 0 Å². The van der Waals surface area contributed by atoms with E-state index >= 15 is 0 Å². The molecule has 0 aliphatic carbocycles. The highest BCUT2D eigenvalue weighted by molar-refractivity contribution is 7.99. The third-order valence-electron chi connectivity index (χ3n) is 4.66. The highest BCUT2D eigenvalue weighted by Crippen LogP contribution is 2.40. The number of halogens is 1. The van der Waals surface area contributed by atoms with Crippen LogP contribution in [0.2, 0.25) is 0 Å². The third-order valence-corrected chi connectivity index (χ3v) is 5.62. The molecule has 1 aromatic carbocycles. The zero-order valence-electron chi connectivity index (χ0n) is 16.7. The van der Waals surface area contributed by atoms with Crippen molar-refractivity contribution < 1.29 is 13.9 Å². The molecule has 3 rings (SSSR count). The number of rotatable bonds is 7. The highest BCUT2D eigenvalue weighted by atomic mass is 32.2. The molecule has 0 bridgehead atoms. The number of aromatic amines is 1. The number of nitrogens with zero attached hydrogens (tertiary/aromatic N) is 1. The van der Waals surface area contributed by atoms with Gasteiger partial charge in [-0.1, -0.05) is 37.2 Å². The van der Waals surface area contributed by atoms with E-state index in [2.05, 4.69) is 22.2 Å². The summed E-state index contributed by atoms with van der Waals surface area (Å²) in [7, 11) is 0. The van der Waals surface area contributed by atoms with Crippen LogP contribution in [-0.2, 0) is 9.53 Å². The van der Waals surface area contributed by atoms with Crippen molar-refractivity contribution in [2.24, 2.45) is 0 Å². The number of hydrogen-bond acceptors (Lipinski definition) is 6. The molecule has 0 fully saturated rings. The highest BCUT2D eigenvalue weighted by Gasteiger charge is 2.36. The Hall–Kier alpha value is -2.61. The Morgan fingerprint density at radius 3 is 2.66 bits per heavy atom. The number of allylic oxidation sites excluding steroid dienone is 1. The molecule has 1 aromatic heterocycles. The number of benzene rings is 1. The number of carbonyl (C=O) groups excluding carboxylic acids is 1. The molecule has 0 saturated carbocycles. The minimum Gasteiger partial charge on any atom is -0.463 e. The largest absolute Gasteiger partial charge is 0.463 e. The second-order valence-electron chi connectivity index (χ2n) is 6.70. The first kappa shape index (κ1) is 21.1. The number of thioether (sulfide) groups is 1. The number of ether oxygens (including phenoxy) is 1. The summed E-state index contributed by atoms with van der Waals surface area (Å²) in [5.74, 6) is -0.346. The molecule has 1 atom stereocenters. The van der Waals surface area contributed by atoms with E-state index in [-0.39, 0.29) is 12.2 Å². The number of carbonyl (C=O) groups is 1. The number of fused-ring (bicyclic) bond motifs is 1. The molecule has 2 N–H and O–H groups in total. The van der Waals surface area contributed by atoms with Gasteiger partial charge in [0, 0.05) is 11.4 Å². The van der Waals surface area contributed by atoms with Gasteiger partial charge < -0.3 is 15.0 Å². The lowest BCUT2D eigenvalue weighted by molar-refractivity contribution is -0.138. The minimum atomic E-state index is -0.697. The number of nitrogens with one attached hydrogen (secondary N) is 2. The molecule has 1 aliphatic heterocycles. The summed E-state index contributed by atoms with van der Waals surface area (Å²) in [4.78, 5) is 33.1. The molecule has 0 spiro atoms. The first-order valence-electron chi connectivity index (χ1n) is 9.63. The van der Waals surface area contributed by atoms with E-state index in [1.54, 1.807) is 26.0 Å². The Morgan fingerprint density at radius 1 is 1.28 bits per heavy atom. The molecule has 0 amide bonds. The number of H-pyrrole nitrogens is 1. The lowest BCUT2D eigenvalue weighted by Gasteiger charge is -2.28. The maximum atomic E-state index is 13.5. The zero-order valence-corrected chi connectivity index (χ0v) is 17.5. The molecule has 0 unspecified atom stereocenters. The van der Waals surface area contributed by atoms with Gasteiger partial charge in [0.15, 0.2) is 5.16 Å². The van der Waals surface area contributed by atoms with Gasteiger partial charge in [0.1, 0.15) is 11.6 Å². The van der Waals surface area contributed by atoms with Crippen LogP contribution in [0.25, 0.3) is 0 Å². The number of aromatic nitrogens is 2. The first-order chi connectivity index (χ1) is 14.0. The summed E-state index contributed by atoms with van der Waals surface area (Å²) >= 11 is 1.48. The molecular weight excluding hydrogens is 393 g/mol. The van der Waals surface area contributed by atoms with Crippen molar-refractivity contribution in [2.45, 2.75) is 44.7 Å². The maximum absolute atomic E-state index is 13.5. The molecule has 0 radical (unpaired) electrons. The first-order valence-corrected chi connectivity index (χ1v) is 10.6. The normalized spacial score (nSPS) is 15.7. The van der Waals surface area contributed by atoms with Crippen LogP contribution >= 0.6 is 11.8 Å². The Morgan fingerprint density at radius 2 is 2.00 bits per heavy atom. The number of unbranched alkanes of at least 4 members (excludes halogenated alkanes) is 1. The Kier molecular flexibility index (Phi) is 6.74. The van der Waals surface area contributed by atoms with E-state index in [4.69, 9.17) is 4.74 Å². The van der Waals surface area contributed by atoms with Crippen LogP contribution in [0.1, 0.15) is 50.7 Å². The van der Waals surface area contributed by atoms with Crippen molar-refractivity contribution in [1.29, 1.82) is 0 Å². The van der Waals surface area contributed by atoms with Crippen molar-refractivity contribution in [1.82, 2.24) is 9.97 Å². The van der Waals surface area contributed by atoms with E-state index in [0.29, 0.717) is 33.4 Å². The van der Waals surface area contributed by atoms with Gasteiger partial charge in [0.25, 0.3) is 5.56 Å². The Labute approximate surface area is 173 Å². The van der Waals surface area contributed by atoms with E-state index in [1.807, 2.05) is 0 Å². The topological polar surface area (TPSA) is 84.1 Å². The van der Waals surface area contributed by atoms with Crippen molar-refractivity contribution in [3.8, 4) is 0 Å². The molecule has 6 nitrogen and oxygen atoms in total. The van der Waals surface area contributed by atoms with Crippen LogP contribution in [0.4, 0.5) is 10.2 Å². The SMILES string of the molecule is CCCCSc1nc2c(c(=O)[nH]1)[C@H](c1ccc(F)cc1)C(C(=O)OCC)=C(C)N2. The fraction of sp³-hybridized carbons (Fsp3) is 0.381. The van der Waals surface area contributed by atoms with E-state index in [0.717, 1.165) is 18.6 Å². The van der Waals surface area contributed by atoms with E-state index in [9.17, 15) is 14.0 Å². The van der Waals surface area contributed by atoms with Crippen molar-refractivity contribution >= 4 is 23.5 Å². The van der Waals surface area contributed by atoms with Crippen LogP contribution in [0.3, 0.4) is 0 Å². The zero-order chi connectivity index (χ0) is 21.0. The van der Waals surface area contributed by atoms with Crippen LogP contribution in [0.15, 0.2) is 45.5 Å². The van der Waals surface area contributed by atoms with Crippen molar-refractivity contribution in [2.75, 3.05) is 17.7 Å². The fourth-order valence-electron chi connectivity index (χ4n) is 3.28. The average Bonchev–Trinajstić information content (AvgIpc) is 2.68.